The van der Waals surface area contributed by atoms with Gasteiger partial charge in [-0.15, -0.1) is 0 Å². The second kappa shape index (κ2) is 9.61. The zero-order chi connectivity index (χ0) is 23.5. The topological polar surface area (TPSA) is 90.7 Å². The summed E-state index contributed by atoms with van der Waals surface area (Å²) in [4.78, 5) is 17.0. The molecule has 0 N–H and O–H groups in total. The fraction of sp³-hybridized carbons (Fsp3) is 0.333. The Bertz CT molecular complexity index is 1230. The highest BCUT2D eigenvalue weighted by atomic mass is 32.2. The van der Waals surface area contributed by atoms with E-state index in [1.54, 1.807) is 6.07 Å². The van der Waals surface area contributed by atoms with Gasteiger partial charge in [-0.1, -0.05) is 13.0 Å². The maximum Gasteiger partial charge on any atom is 0.387 e. The molecule has 0 saturated heterocycles. The molecular weight excluding hydrogens is 444 g/mol. The van der Waals surface area contributed by atoms with Gasteiger partial charge in [0.25, 0.3) is 0 Å². The summed E-state index contributed by atoms with van der Waals surface area (Å²) in [5.41, 5.74) is 1.23. The molecular formula is C21H23F2N3O5S. The van der Waals surface area contributed by atoms with Crippen LogP contribution in [0, 0.1) is 0 Å². The Hall–Kier alpha value is -3.05. The number of carbonyl (C=O) groups excluding carboxylic acids is 1. The monoisotopic (exact) mass is 467 g/mol. The standard InChI is InChI=1S/C21H23F2N3O5S/c1-4-10-26-18-9-8-16(32(28,29)25(2)3)12-17(18)24-19(26)13-30-20(27)14-6-5-7-15(11-14)31-21(22)23/h5-9,11-12,21H,4,10,13H2,1-3H3. The molecule has 1 aromatic heterocycles. The smallest absolute Gasteiger partial charge is 0.387 e. The van der Waals surface area contributed by atoms with Gasteiger partial charge in [0, 0.05) is 20.6 Å². The molecule has 0 fully saturated rings. The predicted octanol–water partition coefficient (Wildman–Crippen LogP) is 3.66. The highest BCUT2D eigenvalue weighted by Gasteiger charge is 2.20. The van der Waals surface area contributed by atoms with Gasteiger partial charge < -0.3 is 14.0 Å². The van der Waals surface area contributed by atoms with Gasteiger partial charge in [0.2, 0.25) is 10.0 Å². The van der Waals surface area contributed by atoms with Crippen molar-refractivity contribution in [2.24, 2.45) is 0 Å². The van der Waals surface area contributed by atoms with E-state index in [4.69, 9.17) is 4.74 Å². The summed E-state index contributed by atoms with van der Waals surface area (Å²) >= 11 is 0. The number of hydrogen-bond acceptors (Lipinski definition) is 6. The zero-order valence-electron chi connectivity index (χ0n) is 17.8. The summed E-state index contributed by atoms with van der Waals surface area (Å²) in [5, 5.41) is 0. The van der Waals surface area contributed by atoms with E-state index in [1.807, 2.05) is 11.5 Å². The molecule has 0 aliphatic rings. The Balaban J connectivity index is 1.86. The summed E-state index contributed by atoms with van der Waals surface area (Å²) in [6.45, 7) is -0.623. The molecule has 1 heterocycles. The Morgan fingerprint density at radius 3 is 2.59 bits per heavy atom. The second-order valence-corrected chi connectivity index (χ2v) is 9.25. The number of imidazole rings is 1. The van der Waals surface area contributed by atoms with E-state index in [-0.39, 0.29) is 22.8 Å². The molecule has 0 bridgehead atoms. The summed E-state index contributed by atoms with van der Waals surface area (Å²) in [5.74, 6) is -0.437. The zero-order valence-corrected chi connectivity index (χ0v) is 18.6. The van der Waals surface area contributed by atoms with Crippen molar-refractivity contribution in [3.63, 3.8) is 0 Å². The second-order valence-electron chi connectivity index (χ2n) is 7.10. The van der Waals surface area contributed by atoms with Crippen molar-refractivity contribution in [2.75, 3.05) is 14.1 Å². The van der Waals surface area contributed by atoms with Crippen LogP contribution in [0.4, 0.5) is 8.78 Å². The van der Waals surface area contributed by atoms with Crippen LogP contribution in [0.2, 0.25) is 0 Å². The maximum absolute atomic E-state index is 12.4. The number of sulfonamides is 1. The minimum absolute atomic E-state index is 0.0562. The predicted molar refractivity (Wildman–Crippen MR) is 113 cm³/mol. The van der Waals surface area contributed by atoms with Crippen molar-refractivity contribution in [3.05, 3.63) is 53.9 Å². The first-order valence-electron chi connectivity index (χ1n) is 9.77. The highest BCUT2D eigenvalue weighted by molar-refractivity contribution is 7.89. The van der Waals surface area contributed by atoms with Crippen LogP contribution in [-0.2, 0) is 27.9 Å². The average Bonchev–Trinajstić information content (AvgIpc) is 3.08. The third-order valence-corrected chi connectivity index (χ3v) is 6.46. The van der Waals surface area contributed by atoms with E-state index in [9.17, 15) is 22.0 Å². The molecule has 0 radical (unpaired) electrons. The molecule has 3 aromatic rings. The molecule has 0 aliphatic heterocycles. The van der Waals surface area contributed by atoms with E-state index in [0.29, 0.717) is 23.4 Å². The van der Waals surface area contributed by atoms with Crippen LogP contribution in [0.5, 0.6) is 5.75 Å². The molecule has 3 rings (SSSR count). The van der Waals surface area contributed by atoms with E-state index in [1.165, 1.54) is 50.5 Å². The van der Waals surface area contributed by atoms with Crippen molar-refractivity contribution in [1.82, 2.24) is 13.9 Å². The molecule has 32 heavy (non-hydrogen) atoms. The van der Waals surface area contributed by atoms with Gasteiger partial charge in [0.05, 0.1) is 21.5 Å². The number of halogens is 2. The number of hydrogen-bond donors (Lipinski definition) is 0. The Morgan fingerprint density at radius 2 is 1.94 bits per heavy atom. The minimum Gasteiger partial charge on any atom is -0.454 e. The number of fused-ring (bicyclic) bond motifs is 1. The lowest BCUT2D eigenvalue weighted by Crippen LogP contribution is -2.22. The Morgan fingerprint density at radius 1 is 1.19 bits per heavy atom. The van der Waals surface area contributed by atoms with E-state index in [2.05, 4.69) is 9.72 Å². The van der Waals surface area contributed by atoms with Crippen LogP contribution in [-0.4, -0.2) is 49.0 Å². The normalized spacial score (nSPS) is 12.0. The van der Waals surface area contributed by atoms with Crippen LogP contribution in [0.15, 0.2) is 47.4 Å². The van der Waals surface area contributed by atoms with Crippen molar-refractivity contribution in [2.45, 2.75) is 38.0 Å². The lowest BCUT2D eigenvalue weighted by atomic mass is 10.2. The van der Waals surface area contributed by atoms with Gasteiger partial charge >= 0.3 is 12.6 Å². The fourth-order valence-electron chi connectivity index (χ4n) is 3.13. The van der Waals surface area contributed by atoms with Crippen LogP contribution in [0.25, 0.3) is 11.0 Å². The summed E-state index contributed by atoms with van der Waals surface area (Å²) in [6, 6.07) is 9.97. The largest absolute Gasteiger partial charge is 0.454 e. The number of esters is 1. The third-order valence-electron chi connectivity index (χ3n) is 4.65. The number of rotatable bonds is 9. The quantitative estimate of drug-likeness (QED) is 0.446. The molecule has 8 nitrogen and oxygen atoms in total. The Labute approximate surface area is 184 Å². The van der Waals surface area contributed by atoms with Gasteiger partial charge in [-0.05, 0) is 42.8 Å². The van der Waals surface area contributed by atoms with Gasteiger partial charge in [-0.3, -0.25) is 0 Å². The first-order chi connectivity index (χ1) is 15.1. The molecule has 0 spiro atoms. The van der Waals surface area contributed by atoms with Gasteiger partial charge in [-0.2, -0.15) is 8.78 Å². The van der Waals surface area contributed by atoms with E-state index < -0.39 is 22.6 Å². The van der Waals surface area contributed by atoms with Crippen molar-refractivity contribution in [1.29, 1.82) is 0 Å². The number of aryl methyl sites for hydroxylation is 1. The first kappa shape index (κ1) is 23.6. The molecule has 172 valence electrons. The molecule has 11 heteroatoms. The molecule has 0 aliphatic carbocycles. The molecule has 2 aromatic carbocycles. The highest BCUT2D eigenvalue weighted by Crippen LogP contribution is 2.23. The fourth-order valence-corrected chi connectivity index (χ4v) is 4.05. The van der Waals surface area contributed by atoms with Gasteiger partial charge in [-0.25, -0.2) is 22.5 Å². The van der Waals surface area contributed by atoms with E-state index in [0.717, 1.165) is 10.7 Å². The Kier molecular flexibility index (Phi) is 7.09. The molecule has 0 saturated carbocycles. The number of carbonyl (C=O) groups is 1. The molecule has 0 unspecified atom stereocenters. The lowest BCUT2D eigenvalue weighted by Gasteiger charge is -2.11. The summed E-state index contributed by atoms with van der Waals surface area (Å²) < 4.78 is 62.3. The summed E-state index contributed by atoms with van der Waals surface area (Å²) in [7, 11) is -0.734. The van der Waals surface area contributed by atoms with Crippen LogP contribution < -0.4 is 4.74 Å². The maximum atomic E-state index is 12.4. The first-order valence-corrected chi connectivity index (χ1v) is 11.2. The van der Waals surface area contributed by atoms with Crippen LogP contribution >= 0.6 is 0 Å². The van der Waals surface area contributed by atoms with E-state index >= 15 is 0 Å². The number of benzene rings is 2. The number of nitrogens with zero attached hydrogens (tertiary/aromatic N) is 3. The van der Waals surface area contributed by atoms with Crippen molar-refractivity contribution < 1.29 is 31.5 Å². The van der Waals surface area contributed by atoms with Crippen LogP contribution in [0.1, 0.15) is 29.5 Å². The van der Waals surface area contributed by atoms with Gasteiger partial charge in [0.15, 0.2) is 0 Å². The molecule has 0 amide bonds. The lowest BCUT2D eigenvalue weighted by molar-refractivity contribution is -0.0499. The average molecular weight is 467 g/mol. The number of alkyl halides is 2. The van der Waals surface area contributed by atoms with Gasteiger partial charge in [0.1, 0.15) is 18.2 Å². The minimum atomic E-state index is -3.63. The SMILES string of the molecule is CCCn1c(COC(=O)c2cccc(OC(F)F)c2)nc2cc(S(=O)(=O)N(C)C)ccc21. The number of ether oxygens (including phenoxy) is 2. The number of aromatic nitrogens is 2. The van der Waals surface area contributed by atoms with Crippen LogP contribution in [0.3, 0.4) is 0 Å². The third kappa shape index (κ3) is 5.05. The van der Waals surface area contributed by atoms with Crippen molar-refractivity contribution >= 4 is 27.0 Å². The molecule has 0 atom stereocenters. The summed E-state index contributed by atoms with van der Waals surface area (Å²) in [6.07, 6.45) is 0.775. The van der Waals surface area contributed by atoms with Crippen molar-refractivity contribution in [3.8, 4) is 5.75 Å².